The molecule has 4 atom stereocenters. The van der Waals surface area contributed by atoms with Crippen LogP contribution in [0.3, 0.4) is 0 Å². The van der Waals surface area contributed by atoms with E-state index >= 15 is 0 Å². The number of aromatic nitrogens is 2. The van der Waals surface area contributed by atoms with Crippen molar-refractivity contribution in [1.29, 1.82) is 0 Å². The number of cyclic esters (lactones) is 1. The number of rotatable bonds is 14. The lowest BCUT2D eigenvalue weighted by molar-refractivity contribution is -0.129. The number of amides is 2. The van der Waals surface area contributed by atoms with E-state index in [0.717, 1.165) is 21.7 Å². The Hall–Kier alpha value is -3.43. The highest BCUT2D eigenvalue weighted by molar-refractivity contribution is 7.89. The Labute approximate surface area is 270 Å². The summed E-state index contributed by atoms with van der Waals surface area (Å²) in [6, 6.07) is 13.3. The van der Waals surface area contributed by atoms with Gasteiger partial charge in [-0.15, -0.1) is 22.7 Å². The molecule has 240 valence electrons. The van der Waals surface area contributed by atoms with Crippen molar-refractivity contribution in [2.75, 3.05) is 19.6 Å². The molecule has 2 amide bonds. The Morgan fingerprint density at radius 2 is 1.98 bits per heavy atom. The Morgan fingerprint density at radius 3 is 2.69 bits per heavy atom. The zero-order valence-electron chi connectivity index (χ0n) is 25.3. The molecule has 11 nitrogen and oxygen atoms in total. The van der Waals surface area contributed by atoms with Gasteiger partial charge in [-0.2, -0.15) is 4.31 Å². The highest BCUT2D eigenvalue weighted by Gasteiger charge is 2.39. The van der Waals surface area contributed by atoms with Crippen molar-refractivity contribution in [2.45, 2.75) is 63.3 Å². The van der Waals surface area contributed by atoms with Crippen molar-refractivity contribution in [3.63, 3.8) is 0 Å². The summed E-state index contributed by atoms with van der Waals surface area (Å²) >= 11 is 2.83. The first-order valence-electron chi connectivity index (χ1n) is 14.8. The lowest BCUT2D eigenvalue weighted by Gasteiger charge is -2.31. The van der Waals surface area contributed by atoms with Crippen LogP contribution in [0.25, 0.3) is 10.2 Å². The molecule has 1 fully saturated rings. The highest BCUT2D eigenvalue weighted by Crippen LogP contribution is 2.26. The molecule has 4 aromatic rings. The van der Waals surface area contributed by atoms with Gasteiger partial charge >= 0.3 is 6.09 Å². The molecule has 1 aliphatic rings. The maximum atomic E-state index is 14.0. The van der Waals surface area contributed by atoms with Crippen LogP contribution in [0.15, 0.2) is 64.3 Å². The summed E-state index contributed by atoms with van der Waals surface area (Å²) < 4.78 is 35.4. The van der Waals surface area contributed by atoms with Crippen LogP contribution < -0.4 is 5.32 Å². The number of ether oxygens (including phenoxy) is 1. The third kappa shape index (κ3) is 8.05. The molecule has 2 unspecified atom stereocenters. The topological polar surface area (TPSA) is 142 Å². The number of nitrogens with one attached hydrogen (secondary N) is 1. The molecule has 1 saturated heterocycles. The van der Waals surface area contributed by atoms with Crippen LogP contribution in [0.1, 0.15) is 36.5 Å². The predicted molar refractivity (Wildman–Crippen MR) is 173 cm³/mol. The zero-order chi connectivity index (χ0) is 32.1. The fourth-order valence-electron chi connectivity index (χ4n) is 5.11. The summed E-state index contributed by atoms with van der Waals surface area (Å²) in [5.74, 6) is -0.543. The van der Waals surface area contributed by atoms with Gasteiger partial charge in [0.25, 0.3) is 5.91 Å². The number of carbonyl (C=O) groups excluding carboxylic acids is 2. The average Bonchev–Trinajstić information content (AvgIpc) is 3.76. The van der Waals surface area contributed by atoms with Gasteiger partial charge in [0.15, 0.2) is 6.10 Å². The summed E-state index contributed by atoms with van der Waals surface area (Å²) in [4.78, 5) is 36.2. The van der Waals surface area contributed by atoms with Crippen LogP contribution in [0.4, 0.5) is 4.79 Å². The van der Waals surface area contributed by atoms with Gasteiger partial charge in [-0.1, -0.05) is 50.6 Å². The molecule has 0 saturated carbocycles. The van der Waals surface area contributed by atoms with E-state index in [-0.39, 0.29) is 43.4 Å². The summed E-state index contributed by atoms with van der Waals surface area (Å²) in [6.45, 7) is 6.01. The third-order valence-electron chi connectivity index (χ3n) is 7.83. The van der Waals surface area contributed by atoms with Gasteiger partial charge in [-0.25, -0.2) is 23.2 Å². The quantitative estimate of drug-likeness (QED) is 0.203. The number of aliphatic hydroxyl groups excluding tert-OH is 1. The summed E-state index contributed by atoms with van der Waals surface area (Å²) in [7, 11) is -4.01. The van der Waals surface area contributed by atoms with Crippen LogP contribution in [0, 0.1) is 12.8 Å². The lowest BCUT2D eigenvalue weighted by Crippen LogP contribution is -2.53. The number of nitrogens with zero attached hydrogens (tertiary/aromatic N) is 4. The number of benzene rings is 2. The number of aliphatic hydroxyl groups is 1. The summed E-state index contributed by atoms with van der Waals surface area (Å²) in [6.07, 6.45) is -2.01. The minimum absolute atomic E-state index is 0.0201. The largest absolute Gasteiger partial charge is 0.434 e. The fourth-order valence-corrected chi connectivity index (χ4v) is 8.10. The third-order valence-corrected chi connectivity index (χ3v) is 11.3. The second-order valence-corrected chi connectivity index (χ2v) is 15.2. The Kier molecular flexibility index (Phi) is 10.5. The van der Waals surface area contributed by atoms with Crippen LogP contribution in [-0.2, 0) is 32.5 Å². The lowest BCUT2D eigenvalue weighted by atomic mass is 10.0. The van der Waals surface area contributed by atoms with Gasteiger partial charge in [0.1, 0.15) is 0 Å². The molecule has 2 aromatic carbocycles. The number of thiazole rings is 2. The Morgan fingerprint density at radius 1 is 1.20 bits per heavy atom. The van der Waals surface area contributed by atoms with Gasteiger partial charge in [-0.3, -0.25) is 9.69 Å². The molecule has 0 radical (unpaired) electrons. The first-order valence-corrected chi connectivity index (χ1v) is 18.0. The number of hydrogen-bond donors (Lipinski definition) is 2. The van der Waals surface area contributed by atoms with E-state index in [1.807, 2.05) is 56.5 Å². The van der Waals surface area contributed by atoms with Crippen molar-refractivity contribution in [3.05, 3.63) is 75.7 Å². The van der Waals surface area contributed by atoms with Crippen molar-refractivity contribution >= 4 is 54.9 Å². The van der Waals surface area contributed by atoms with Crippen LogP contribution in [-0.4, -0.2) is 82.6 Å². The van der Waals surface area contributed by atoms with E-state index in [9.17, 15) is 23.1 Å². The molecule has 0 spiro atoms. The first kappa shape index (κ1) is 32.9. The monoisotopic (exact) mass is 671 g/mol. The average molecular weight is 672 g/mol. The molecule has 0 bridgehead atoms. The molecule has 45 heavy (non-hydrogen) atoms. The minimum Gasteiger partial charge on any atom is -0.434 e. The number of sulfonamides is 1. The van der Waals surface area contributed by atoms with Gasteiger partial charge in [0, 0.05) is 18.5 Å². The van der Waals surface area contributed by atoms with Gasteiger partial charge in [-0.05, 0) is 43.0 Å². The molecule has 2 aromatic heterocycles. The normalized spacial score (nSPS) is 17.4. The van der Waals surface area contributed by atoms with E-state index < -0.39 is 40.3 Å². The molecule has 1 aliphatic heterocycles. The first-order chi connectivity index (χ1) is 21.5. The maximum absolute atomic E-state index is 14.0. The van der Waals surface area contributed by atoms with E-state index in [1.165, 1.54) is 37.9 Å². The molecule has 2 N–H and O–H groups in total. The Balaban J connectivity index is 1.35. The second-order valence-electron chi connectivity index (χ2n) is 11.3. The van der Waals surface area contributed by atoms with Crippen molar-refractivity contribution in [2.24, 2.45) is 5.92 Å². The molecule has 14 heteroatoms. The van der Waals surface area contributed by atoms with Crippen LogP contribution in [0.5, 0.6) is 0 Å². The van der Waals surface area contributed by atoms with E-state index in [1.54, 1.807) is 17.6 Å². The van der Waals surface area contributed by atoms with E-state index in [0.29, 0.717) is 11.2 Å². The molecule has 5 rings (SSSR count). The van der Waals surface area contributed by atoms with Crippen molar-refractivity contribution in [1.82, 2.24) is 24.5 Å². The standard InChI is InChI=1S/C31H37N5O6S3/c1-4-20(2)14-36(45(40,41)24-10-11-25-29(13-24)44-19-32-25)16-27(37)26(12-22-8-6-5-7-9-22)34-30(38)28-17-35(31(39)42-28)15-23-18-43-21(3)33-23/h5-11,13,18-20,26-28,37H,4,12,14-17H2,1-3H3,(H,34,38)/t20-,26?,27+,28?/m0/s1. The number of carbonyl (C=O) groups is 2. The smallest absolute Gasteiger partial charge is 0.411 e. The van der Waals surface area contributed by atoms with Crippen molar-refractivity contribution < 1.29 is 27.9 Å². The SMILES string of the molecule is CC[C@H](C)CN(C[C@@H](O)C(Cc1ccccc1)NC(=O)C1CN(Cc2csc(C)n2)C(=O)O1)S(=O)(=O)c1ccc2ncsc2c1. The van der Waals surface area contributed by atoms with E-state index in [2.05, 4.69) is 15.3 Å². The molecule has 3 heterocycles. The molecular weight excluding hydrogens is 635 g/mol. The fraction of sp³-hybridized carbons (Fsp3) is 0.419. The Bertz CT molecular complexity index is 1730. The van der Waals surface area contributed by atoms with E-state index in [4.69, 9.17) is 4.74 Å². The summed E-state index contributed by atoms with van der Waals surface area (Å²) in [5, 5.41) is 17.2. The van der Waals surface area contributed by atoms with Crippen LogP contribution >= 0.6 is 22.7 Å². The van der Waals surface area contributed by atoms with Crippen LogP contribution in [0.2, 0.25) is 0 Å². The zero-order valence-corrected chi connectivity index (χ0v) is 27.8. The predicted octanol–water partition coefficient (Wildman–Crippen LogP) is 4.21. The highest BCUT2D eigenvalue weighted by atomic mass is 32.2. The number of hydrogen-bond acceptors (Lipinski definition) is 10. The van der Waals surface area contributed by atoms with Crippen molar-refractivity contribution in [3.8, 4) is 0 Å². The van der Waals surface area contributed by atoms with Gasteiger partial charge in [0.05, 0.1) is 56.6 Å². The van der Waals surface area contributed by atoms with Gasteiger partial charge < -0.3 is 15.2 Å². The summed E-state index contributed by atoms with van der Waals surface area (Å²) in [5.41, 5.74) is 3.94. The molecular formula is C31H37N5O6S3. The maximum Gasteiger partial charge on any atom is 0.411 e. The number of aryl methyl sites for hydroxylation is 1. The molecule has 0 aliphatic carbocycles. The second kappa shape index (κ2) is 14.3. The number of fused-ring (bicyclic) bond motifs is 1. The minimum atomic E-state index is -4.01. The van der Waals surface area contributed by atoms with Gasteiger partial charge in [0.2, 0.25) is 10.0 Å².